The lowest BCUT2D eigenvalue weighted by molar-refractivity contribution is 0.0754. The molecule has 1 fully saturated rings. The maximum atomic E-state index is 12.8. The average molecular weight is 372 g/mol. The normalized spacial score (nSPS) is 22.2. The quantitative estimate of drug-likeness (QED) is 0.877. The van der Waals surface area contributed by atoms with Crippen LogP contribution in [0, 0.1) is 0 Å². The molecule has 2 atom stereocenters. The highest BCUT2D eigenvalue weighted by molar-refractivity contribution is 9.10. The van der Waals surface area contributed by atoms with Crippen LogP contribution >= 0.6 is 27.7 Å². The van der Waals surface area contributed by atoms with Gasteiger partial charge in [0.1, 0.15) is 5.82 Å². The number of amides is 1. The monoisotopic (exact) mass is 371 g/mol. The summed E-state index contributed by atoms with van der Waals surface area (Å²) in [6.45, 7) is 8.86. The standard InChI is InChI=1S/C15H22BrN3OS/c1-4-5-17-14-13(6-12(16)7-18-14)15(20)19-8-10(2)21-11(3)9-19/h6-7,10-11H,4-5,8-9H2,1-3H3,(H,17,18). The zero-order valence-electron chi connectivity index (χ0n) is 12.7. The van der Waals surface area contributed by atoms with E-state index in [-0.39, 0.29) is 5.91 Å². The molecule has 1 aliphatic heterocycles. The van der Waals surface area contributed by atoms with Crippen molar-refractivity contribution >= 4 is 39.4 Å². The molecule has 0 aromatic carbocycles. The Morgan fingerprint density at radius 3 is 2.76 bits per heavy atom. The summed E-state index contributed by atoms with van der Waals surface area (Å²) in [7, 11) is 0. The van der Waals surface area contributed by atoms with E-state index in [1.54, 1.807) is 6.20 Å². The third kappa shape index (κ3) is 4.36. The van der Waals surface area contributed by atoms with Gasteiger partial charge in [0.25, 0.3) is 5.91 Å². The predicted octanol–water partition coefficient (Wildman–Crippen LogP) is 3.63. The summed E-state index contributed by atoms with van der Waals surface area (Å²) in [5.74, 6) is 0.755. The molecule has 0 spiro atoms. The second kappa shape index (κ2) is 7.49. The number of carbonyl (C=O) groups is 1. The molecule has 2 heterocycles. The van der Waals surface area contributed by atoms with Crippen LogP contribution < -0.4 is 5.32 Å². The SMILES string of the molecule is CCCNc1ncc(Br)cc1C(=O)N1CC(C)SC(C)C1. The first-order valence-electron chi connectivity index (χ1n) is 7.35. The average Bonchev–Trinajstić information content (AvgIpc) is 2.44. The molecule has 116 valence electrons. The Balaban J connectivity index is 2.22. The van der Waals surface area contributed by atoms with Crippen molar-refractivity contribution in [3.05, 3.63) is 22.3 Å². The molecule has 21 heavy (non-hydrogen) atoms. The summed E-state index contributed by atoms with van der Waals surface area (Å²) >= 11 is 5.36. The minimum Gasteiger partial charge on any atom is -0.369 e. The first kappa shape index (κ1) is 16.6. The molecule has 1 aliphatic rings. The lowest BCUT2D eigenvalue weighted by Crippen LogP contribution is -2.44. The van der Waals surface area contributed by atoms with E-state index in [2.05, 4.69) is 47.0 Å². The first-order valence-corrected chi connectivity index (χ1v) is 9.09. The van der Waals surface area contributed by atoms with Crippen molar-refractivity contribution in [1.82, 2.24) is 9.88 Å². The summed E-state index contributed by atoms with van der Waals surface area (Å²) in [4.78, 5) is 19.2. The maximum absolute atomic E-state index is 12.8. The van der Waals surface area contributed by atoms with Crippen LogP contribution in [0.3, 0.4) is 0 Å². The summed E-state index contributed by atoms with van der Waals surface area (Å²) in [6.07, 6.45) is 2.73. The number of rotatable bonds is 4. The van der Waals surface area contributed by atoms with Crippen molar-refractivity contribution < 1.29 is 4.79 Å². The number of nitrogens with zero attached hydrogens (tertiary/aromatic N) is 2. The Kier molecular flexibility index (Phi) is 5.93. The summed E-state index contributed by atoms with van der Waals surface area (Å²) in [5.41, 5.74) is 0.657. The van der Waals surface area contributed by atoms with Crippen molar-refractivity contribution in [2.75, 3.05) is 25.0 Å². The molecule has 1 N–H and O–H groups in total. The molecule has 0 radical (unpaired) electrons. The lowest BCUT2D eigenvalue weighted by atomic mass is 10.2. The van der Waals surface area contributed by atoms with Crippen LogP contribution in [0.1, 0.15) is 37.6 Å². The highest BCUT2D eigenvalue weighted by atomic mass is 79.9. The van der Waals surface area contributed by atoms with Crippen LogP contribution in [-0.4, -0.2) is 45.9 Å². The van der Waals surface area contributed by atoms with Gasteiger partial charge in [-0.3, -0.25) is 4.79 Å². The molecular weight excluding hydrogens is 350 g/mol. The number of hydrogen-bond acceptors (Lipinski definition) is 4. The van der Waals surface area contributed by atoms with Gasteiger partial charge in [-0.2, -0.15) is 11.8 Å². The molecule has 0 saturated carbocycles. The van der Waals surface area contributed by atoms with Gasteiger partial charge in [-0.05, 0) is 28.4 Å². The topological polar surface area (TPSA) is 45.2 Å². The van der Waals surface area contributed by atoms with Gasteiger partial charge >= 0.3 is 0 Å². The van der Waals surface area contributed by atoms with Gasteiger partial charge < -0.3 is 10.2 Å². The zero-order valence-corrected chi connectivity index (χ0v) is 15.1. The molecule has 2 rings (SSSR count). The number of anilines is 1. The van der Waals surface area contributed by atoms with E-state index in [1.165, 1.54) is 0 Å². The number of pyridine rings is 1. The molecule has 1 amide bonds. The molecule has 4 nitrogen and oxygen atoms in total. The molecule has 1 aromatic rings. The van der Waals surface area contributed by atoms with E-state index in [4.69, 9.17) is 0 Å². The van der Waals surface area contributed by atoms with Crippen molar-refractivity contribution in [1.29, 1.82) is 0 Å². The Bertz CT molecular complexity index is 502. The molecule has 1 aromatic heterocycles. The number of aromatic nitrogens is 1. The van der Waals surface area contributed by atoms with Crippen LogP contribution in [0.5, 0.6) is 0 Å². The van der Waals surface area contributed by atoms with Crippen LogP contribution in [0.15, 0.2) is 16.7 Å². The minimum absolute atomic E-state index is 0.0707. The number of nitrogens with one attached hydrogen (secondary N) is 1. The molecule has 6 heteroatoms. The van der Waals surface area contributed by atoms with Gasteiger partial charge in [0.15, 0.2) is 0 Å². The van der Waals surface area contributed by atoms with E-state index < -0.39 is 0 Å². The van der Waals surface area contributed by atoms with Gasteiger partial charge in [-0.25, -0.2) is 4.98 Å². The molecular formula is C15H22BrN3OS. The largest absolute Gasteiger partial charge is 0.369 e. The van der Waals surface area contributed by atoms with E-state index >= 15 is 0 Å². The van der Waals surface area contributed by atoms with Gasteiger partial charge in [0, 0.05) is 40.8 Å². The molecule has 0 bridgehead atoms. The van der Waals surface area contributed by atoms with Crippen LogP contribution in [0.4, 0.5) is 5.82 Å². The van der Waals surface area contributed by atoms with Crippen molar-refractivity contribution in [3.63, 3.8) is 0 Å². The third-order valence-corrected chi connectivity index (χ3v) is 5.00. The second-order valence-electron chi connectivity index (χ2n) is 5.44. The fraction of sp³-hybridized carbons (Fsp3) is 0.600. The number of carbonyl (C=O) groups excluding carboxylic acids is 1. The predicted molar refractivity (Wildman–Crippen MR) is 93.1 cm³/mol. The Hall–Kier alpha value is -0.750. The lowest BCUT2D eigenvalue weighted by Gasteiger charge is -2.34. The Labute approximate surface area is 139 Å². The Morgan fingerprint density at radius 1 is 1.48 bits per heavy atom. The van der Waals surface area contributed by atoms with Crippen LogP contribution in [-0.2, 0) is 0 Å². The van der Waals surface area contributed by atoms with E-state index in [0.29, 0.717) is 21.9 Å². The van der Waals surface area contributed by atoms with Crippen molar-refractivity contribution in [3.8, 4) is 0 Å². The summed E-state index contributed by atoms with van der Waals surface area (Å²) < 4.78 is 0.834. The van der Waals surface area contributed by atoms with Crippen LogP contribution in [0.25, 0.3) is 0 Å². The van der Waals surface area contributed by atoms with E-state index in [9.17, 15) is 4.79 Å². The molecule has 2 unspecified atom stereocenters. The Morgan fingerprint density at radius 2 is 2.14 bits per heavy atom. The molecule has 1 saturated heterocycles. The van der Waals surface area contributed by atoms with Gasteiger partial charge in [0.05, 0.1) is 5.56 Å². The first-order chi connectivity index (χ1) is 10.0. The van der Waals surface area contributed by atoms with Crippen LogP contribution in [0.2, 0.25) is 0 Å². The molecule has 0 aliphatic carbocycles. The van der Waals surface area contributed by atoms with Crippen molar-refractivity contribution in [2.24, 2.45) is 0 Å². The number of halogens is 1. The van der Waals surface area contributed by atoms with Gasteiger partial charge in [-0.15, -0.1) is 0 Å². The second-order valence-corrected chi connectivity index (χ2v) is 8.24. The van der Waals surface area contributed by atoms with E-state index in [1.807, 2.05) is 22.7 Å². The van der Waals surface area contributed by atoms with Crippen molar-refractivity contribution in [2.45, 2.75) is 37.7 Å². The zero-order chi connectivity index (χ0) is 15.4. The summed E-state index contributed by atoms with van der Waals surface area (Å²) in [5, 5.41) is 4.20. The number of thioether (sulfide) groups is 1. The maximum Gasteiger partial charge on any atom is 0.257 e. The smallest absolute Gasteiger partial charge is 0.257 e. The highest BCUT2D eigenvalue weighted by Crippen LogP contribution is 2.27. The fourth-order valence-electron chi connectivity index (χ4n) is 2.50. The fourth-order valence-corrected chi connectivity index (χ4v) is 4.16. The van der Waals surface area contributed by atoms with E-state index in [0.717, 1.165) is 30.5 Å². The van der Waals surface area contributed by atoms with Gasteiger partial charge in [-0.1, -0.05) is 20.8 Å². The number of hydrogen-bond donors (Lipinski definition) is 1. The third-order valence-electron chi connectivity index (χ3n) is 3.33. The highest BCUT2D eigenvalue weighted by Gasteiger charge is 2.28. The minimum atomic E-state index is 0.0707. The summed E-state index contributed by atoms with van der Waals surface area (Å²) in [6, 6.07) is 1.87. The van der Waals surface area contributed by atoms with Gasteiger partial charge in [0.2, 0.25) is 0 Å².